The van der Waals surface area contributed by atoms with Gasteiger partial charge < -0.3 is 9.64 Å². The molecule has 0 radical (unpaired) electrons. The van der Waals surface area contributed by atoms with E-state index in [0.29, 0.717) is 12.8 Å². The van der Waals surface area contributed by atoms with Crippen molar-refractivity contribution < 1.29 is 17.9 Å². The van der Waals surface area contributed by atoms with Crippen molar-refractivity contribution in [3.63, 3.8) is 0 Å². The molecule has 8 heteroatoms. The second kappa shape index (κ2) is 7.15. The van der Waals surface area contributed by atoms with Gasteiger partial charge in [0, 0.05) is 36.2 Å². The van der Waals surface area contributed by atoms with E-state index < -0.39 is 9.05 Å². The zero-order valence-electron chi connectivity index (χ0n) is 11.1. The molecule has 0 saturated heterocycles. The van der Waals surface area contributed by atoms with Crippen LogP contribution in [0, 0.1) is 0 Å². The quantitative estimate of drug-likeness (QED) is 0.590. The summed E-state index contributed by atoms with van der Waals surface area (Å²) in [6, 6.07) is 4.17. The predicted octanol–water partition coefficient (Wildman–Crippen LogP) is 2.51. The Bertz CT molecular complexity index is 587. The van der Waals surface area contributed by atoms with E-state index >= 15 is 0 Å². The highest BCUT2D eigenvalue weighted by Crippen LogP contribution is 2.29. The number of ether oxygens (including phenoxy) is 1. The minimum atomic E-state index is -3.94. The second-order valence-corrected chi connectivity index (χ2v) is 7.24. The maximum atomic E-state index is 11.4. The number of rotatable bonds is 6. The molecule has 1 rings (SSSR count). The molecule has 0 unspecified atom stereocenters. The fraction of sp³-hybridized carbons (Fsp3) is 0.417. The SMILES string of the molecule is CN(C)C(=O)CCCOc1ccc(Cl)cc1S(=O)(=O)Cl. The lowest BCUT2D eigenvalue weighted by molar-refractivity contribution is -0.128. The van der Waals surface area contributed by atoms with Crippen molar-refractivity contribution in [3.05, 3.63) is 23.2 Å². The summed E-state index contributed by atoms with van der Waals surface area (Å²) in [5.74, 6) is 0.108. The highest BCUT2D eigenvalue weighted by molar-refractivity contribution is 8.13. The number of hydrogen-bond acceptors (Lipinski definition) is 4. The maximum absolute atomic E-state index is 11.4. The molecule has 1 aromatic carbocycles. The first-order chi connectivity index (χ1) is 9.21. The molecule has 1 aromatic rings. The van der Waals surface area contributed by atoms with Crippen molar-refractivity contribution in [2.75, 3.05) is 20.7 Å². The Balaban J connectivity index is 2.67. The smallest absolute Gasteiger partial charge is 0.265 e. The van der Waals surface area contributed by atoms with Crippen LogP contribution in [-0.2, 0) is 13.8 Å². The van der Waals surface area contributed by atoms with Gasteiger partial charge in [-0.05, 0) is 24.6 Å². The first kappa shape index (κ1) is 17.1. The lowest BCUT2D eigenvalue weighted by Crippen LogP contribution is -2.21. The normalized spacial score (nSPS) is 11.2. The summed E-state index contributed by atoms with van der Waals surface area (Å²) >= 11 is 5.73. The highest BCUT2D eigenvalue weighted by Gasteiger charge is 2.17. The lowest BCUT2D eigenvalue weighted by Gasteiger charge is -2.12. The van der Waals surface area contributed by atoms with Crippen molar-refractivity contribution in [2.24, 2.45) is 0 Å². The van der Waals surface area contributed by atoms with E-state index in [2.05, 4.69) is 0 Å². The Morgan fingerprint density at radius 2 is 2.00 bits per heavy atom. The maximum Gasteiger partial charge on any atom is 0.265 e. The molecule has 0 aliphatic rings. The average molecular weight is 340 g/mol. The number of hydrogen-bond donors (Lipinski definition) is 0. The summed E-state index contributed by atoms with van der Waals surface area (Å²) < 4.78 is 28.2. The summed E-state index contributed by atoms with van der Waals surface area (Å²) in [6.07, 6.45) is 0.797. The van der Waals surface area contributed by atoms with Crippen molar-refractivity contribution in [1.29, 1.82) is 0 Å². The van der Waals surface area contributed by atoms with Gasteiger partial charge in [0.15, 0.2) is 0 Å². The van der Waals surface area contributed by atoms with E-state index in [0.717, 1.165) is 0 Å². The number of halogens is 2. The summed E-state index contributed by atoms with van der Waals surface area (Å²) in [7, 11) is 4.71. The molecular formula is C12H15Cl2NO4S. The van der Waals surface area contributed by atoms with E-state index in [-0.39, 0.29) is 28.2 Å². The highest BCUT2D eigenvalue weighted by atomic mass is 35.7. The van der Waals surface area contributed by atoms with Gasteiger partial charge >= 0.3 is 0 Å². The summed E-state index contributed by atoms with van der Waals surface area (Å²) in [4.78, 5) is 12.7. The van der Waals surface area contributed by atoms with Crippen molar-refractivity contribution in [2.45, 2.75) is 17.7 Å². The van der Waals surface area contributed by atoms with Crippen LogP contribution in [-0.4, -0.2) is 39.9 Å². The molecule has 0 spiro atoms. The Morgan fingerprint density at radius 1 is 1.35 bits per heavy atom. The van der Waals surface area contributed by atoms with E-state index in [9.17, 15) is 13.2 Å². The first-order valence-corrected chi connectivity index (χ1v) is 8.47. The summed E-state index contributed by atoms with van der Waals surface area (Å²) in [5, 5.41) is 0.249. The largest absolute Gasteiger partial charge is 0.492 e. The van der Waals surface area contributed by atoms with Crippen LogP contribution in [0.3, 0.4) is 0 Å². The van der Waals surface area contributed by atoms with Gasteiger partial charge in [0.05, 0.1) is 6.61 Å². The Morgan fingerprint density at radius 3 is 2.55 bits per heavy atom. The van der Waals surface area contributed by atoms with Gasteiger partial charge in [-0.3, -0.25) is 4.79 Å². The summed E-state index contributed by atoms with van der Waals surface area (Å²) in [5.41, 5.74) is 0. The van der Waals surface area contributed by atoms with Gasteiger partial charge in [-0.1, -0.05) is 11.6 Å². The number of nitrogens with zero attached hydrogens (tertiary/aromatic N) is 1. The molecule has 0 atom stereocenters. The third kappa shape index (κ3) is 5.19. The topological polar surface area (TPSA) is 63.7 Å². The monoisotopic (exact) mass is 339 g/mol. The second-order valence-electron chi connectivity index (χ2n) is 4.27. The van der Waals surface area contributed by atoms with Crippen LogP contribution >= 0.6 is 22.3 Å². The number of carbonyl (C=O) groups is 1. The van der Waals surface area contributed by atoms with Crippen LogP contribution < -0.4 is 4.74 Å². The van der Waals surface area contributed by atoms with Gasteiger partial charge in [0.2, 0.25) is 5.91 Å². The van der Waals surface area contributed by atoms with Crippen LogP contribution in [0.1, 0.15) is 12.8 Å². The Hall–Kier alpha value is -0.980. The molecule has 0 saturated carbocycles. The fourth-order valence-electron chi connectivity index (χ4n) is 1.42. The number of amides is 1. The van der Waals surface area contributed by atoms with Crippen molar-refractivity contribution in [1.82, 2.24) is 4.90 Å². The third-order valence-electron chi connectivity index (χ3n) is 2.46. The molecule has 112 valence electrons. The van der Waals surface area contributed by atoms with Crippen molar-refractivity contribution in [3.8, 4) is 5.75 Å². The third-order valence-corrected chi connectivity index (χ3v) is 4.04. The van der Waals surface area contributed by atoms with Crippen LogP contribution in [0.15, 0.2) is 23.1 Å². The molecule has 0 N–H and O–H groups in total. The minimum Gasteiger partial charge on any atom is -0.492 e. The molecule has 0 aliphatic carbocycles. The molecular weight excluding hydrogens is 325 g/mol. The van der Waals surface area contributed by atoms with Crippen molar-refractivity contribution >= 4 is 37.2 Å². The standard InChI is InChI=1S/C12H15Cl2NO4S/c1-15(2)12(16)4-3-7-19-10-6-5-9(13)8-11(10)20(14,17)18/h5-6,8H,3-4,7H2,1-2H3. The van der Waals surface area contributed by atoms with Gasteiger partial charge in [-0.15, -0.1) is 0 Å². The van der Waals surface area contributed by atoms with Crippen LogP contribution in [0.5, 0.6) is 5.75 Å². The molecule has 0 aliphatic heterocycles. The zero-order valence-corrected chi connectivity index (χ0v) is 13.4. The van der Waals surface area contributed by atoms with Crippen LogP contribution in [0.4, 0.5) is 0 Å². The van der Waals surface area contributed by atoms with Gasteiger partial charge in [-0.2, -0.15) is 0 Å². The molecule has 1 amide bonds. The summed E-state index contributed by atoms with van der Waals surface area (Å²) in [6.45, 7) is 0.209. The molecule has 0 aromatic heterocycles. The van der Waals surface area contributed by atoms with Crippen LogP contribution in [0.25, 0.3) is 0 Å². The average Bonchev–Trinajstić information content (AvgIpc) is 2.34. The Labute approximate surface area is 127 Å². The molecule has 0 heterocycles. The van der Waals surface area contributed by atoms with E-state index in [4.69, 9.17) is 27.0 Å². The minimum absolute atomic E-state index is 0.0186. The Kier molecular flexibility index (Phi) is 6.10. The molecule has 20 heavy (non-hydrogen) atoms. The predicted molar refractivity (Wildman–Crippen MR) is 77.9 cm³/mol. The van der Waals surface area contributed by atoms with Crippen LogP contribution in [0.2, 0.25) is 5.02 Å². The van der Waals surface area contributed by atoms with Gasteiger partial charge in [0.1, 0.15) is 10.6 Å². The number of carbonyl (C=O) groups excluding carboxylic acids is 1. The molecule has 0 bridgehead atoms. The zero-order chi connectivity index (χ0) is 15.3. The van der Waals surface area contributed by atoms with Gasteiger partial charge in [-0.25, -0.2) is 8.42 Å². The van der Waals surface area contributed by atoms with E-state index in [1.807, 2.05) is 0 Å². The lowest BCUT2D eigenvalue weighted by atomic mass is 10.3. The first-order valence-electron chi connectivity index (χ1n) is 5.79. The fourth-order valence-corrected chi connectivity index (χ4v) is 2.65. The number of benzene rings is 1. The molecule has 0 fully saturated rings. The molecule has 5 nitrogen and oxygen atoms in total. The van der Waals surface area contributed by atoms with E-state index in [1.165, 1.54) is 23.1 Å². The van der Waals surface area contributed by atoms with E-state index in [1.54, 1.807) is 14.1 Å². The van der Waals surface area contributed by atoms with Gasteiger partial charge in [0.25, 0.3) is 9.05 Å².